The summed E-state index contributed by atoms with van der Waals surface area (Å²) in [4.78, 5) is 15.1. The Hall–Kier alpha value is -1.79. The molecule has 2 aromatic heterocycles. The summed E-state index contributed by atoms with van der Waals surface area (Å²) in [7, 11) is 0. The highest BCUT2D eigenvalue weighted by Crippen LogP contribution is 2.16. The number of aromatic nitrogens is 3. The number of aliphatic hydroxyl groups is 1. The fourth-order valence-corrected chi connectivity index (χ4v) is 2.78. The van der Waals surface area contributed by atoms with Crippen LogP contribution in [0.2, 0.25) is 0 Å². The van der Waals surface area contributed by atoms with E-state index >= 15 is 0 Å². The minimum atomic E-state index is -0.396. The standard InChI is InChI=1S/C16H23N5O/c1-12-4-8-21(9-5-12)11-13(22)10-19-15-3-2-14-16(20-15)18-7-6-17-14/h2-3,6-7,12-13,22H,4-5,8-11H2,1H3,(H,18,19,20). The molecule has 1 atom stereocenters. The van der Waals surface area contributed by atoms with Gasteiger partial charge < -0.3 is 15.3 Å². The molecular formula is C16H23N5O. The maximum Gasteiger partial charge on any atom is 0.180 e. The second kappa shape index (κ2) is 6.98. The molecule has 1 unspecified atom stereocenters. The van der Waals surface area contributed by atoms with E-state index in [0.29, 0.717) is 18.7 Å². The Morgan fingerprint density at radius 1 is 1.27 bits per heavy atom. The number of anilines is 1. The number of rotatable bonds is 5. The number of hydrogen-bond acceptors (Lipinski definition) is 6. The van der Waals surface area contributed by atoms with E-state index in [0.717, 1.165) is 30.3 Å². The van der Waals surface area contributed by atoms with Crippen LogP contribution in [-0.4, -0.2) is 57.2 Å². The first-order chi connectivity index (χ1) is 10.7. The highest BCUT2D eigenvalue weighted by molar-refractivity contribution is 5.71. The number of β-amino-alcohol motifs (C(OH)–C–C–N with tert-alkyl or cyclic N) is 1. The maximum atomic E-state index is 10.2. The lowest BCUT2D eigenvalue weighted by atomic mass is 9.99. The van der Waals surface area contributed by atoms with Gasteiger partial charge in [-0.3, -0.25) is 4.98 Å². The van der Waals surface area contributed by atoms with E-state index in [1.807, 2.05) is 12.1 Å². The van der Waals surface area contributed by atoms with Gasteiger partial charge in [0.15, 0.2) is 5.65 Å². The van der Waals surface area contributed by atoms with Crippen molar-refractivity contribution in [2.24, 2.45) is 5.92 Å². The minimum Gasteiger partial charge on any atom is -0.390 e. The zero-order chi connectivity index (χ0) is 15.4. The summed E-state index contributed by atoms with van der Waals surface area (Å²) < 4.78 is 0. The van der Waals surface area contributed by atoms with Crippen LogP contribution in [0.4, 0.5) is 5.82 Å². The normalized spacial score (nSPS) is 18.5. The molecule has 2 aromatic rings. The van der Waals surface area contributed by atoms with Crippen molar-refractivity contribution in [3.63, 3.8) is 0 Å². The third-order valence-corrected chi connectivity index (χ3v) is 4.20. The molecule has 118 valence electrons. The van der Waals surface area contributed by atoms with Crippen molar-refractivity contribution in [2.45, 2.75) is 25.9 Å². The summed E-state index contributed by atoms with van der Waals surface area (Å²) >= 11 is 0. The molecule has 0 spiro atoms. The number of likely N-dealkylation sites (tertiary alicyclic amines) is 1. The van der Waals surface area contributed by atoms with Gasteiger partial charge >= 0.3 is 0 Å². The summed E-state index contributed by atoms with van der Waals surface area (Å²) in [6, 6.07) is 3.75. The number of nitrogens with zero attached hydrogens (tertiary/aromatic N) is 4. The van der Waals surface area contributed by atoms with E-state index in [1.165, 1.54) is 12.8 Å². The summed E-state index contributed by atoms with van der Waals surface area (Å²) in [5, 5.41) is 13.4. The number of nitrogens with one attached hydrogen (secondary N) is 1. The molecule has 0 aromatic carbocycles. The predicted octanol–water partition coefficient (Wildman–Crippen LogP) is 1.53. The van der Waals surface area contributed by atoms with E-state index < -0.39 is 6.10 Å². The lowest BCUT2D eigenvalue weighted by Crippen LogP contribution is -2.40. The van der Waals surface area contributed by atoms with Crippen molar-refractivity contribution in [3.05, 3.63) is 24.5 Å². The third kappa shape index (κ3) is 3.90. The van der Waals surface area contributed by atoms with Crippen molar-refractivity contribution < 1.29 is 5.11 Å². The average Bonchev–Trinajstić information content (AvgIpc) is 2.55. The molecule has 0 saturated carbocycles. The molecule has 22 heavy (non-hydrogen) atoms. The second-order valence-corrected chi connectivity index (χ2v) is 6.11. The van der Waals surface area contributed by atoms with Crippen LogP contribution in [0.3, 0.4) is 0 Å². The van der Waals surface area contributed by atoms with Gasteiger partial charge in [0.1, 0.15) is 11.3 Å². The molecule has 6 heteroatoms. The molecular weight excluding hydrogens is 278 g/mol. The Morgan fingerprint density at radius 3 is 2.86 bits per heavy atom. The van der Waals surface area contributed by atoms with Gasteiger partial charge in [-0.15, -0.1) is 0 Å². The van der Waals surface area contributed by atoms with E-state index in [9.17, 15) is 5.11 Å². The van der Waals surface area contributed by atoms with Crippen LogP contribution in [0.25, 0.3) is 11.2 Å². The highest BCUT2D eigenvalue weighted by Gasteiger charge is 2.18. The molecule has 3 rings (SSSR count). The van der Waals surface area contributed by atoms with E-state index in [4.69, 9.17) is 0 Å². The van der Waals surface area contributed by atoms with E-state index in [-0.39, 0.29) is 0 Å². The monoisotopic (exact) mass is 301 g/mol. The predicted molar refractivity (Wildman–Crippen MR) is 86.7 cm³/mol. The van der Waals surface area contributed by atoms with Gasteiger partial charge in [0, 0.05) is 25.5 Å². The molecule has 1 aliphatic heterocycles. The van der Waals surface area contributed by atoms with Crippen molar-refractivity contribution in [2.75, 3.05) is 31.5 Å². The SMILES string of the molecule is CC1CCN(CC(O)CNc2ccc3nccnc3n2)CC1. The third-order valence-electron chi connectivity index (χ3n) is 4.20. The molecule has 0 amide bonds. The van der Waals surface area contributed by atoms with Crippen LogP contribution >= 0.6 is 0 Å². The van der Waals surface area contributed by atoms with Gasteiger partial charge in [0.25, 0.3) is 0 Å². The van der Waals surface area contributed by atoms with Crippen LogP contribution < -0.4 is 5.32 Å². The molecule has 1 fully saturated rings. The Kier molecular flexibility index (Phi) is 4.80. The minimum absolute atomic E-state index is 0.396. The van der Waals surface area contributed by atoms with Gasteiger partial charge in [-0.25, -0.2) is 9.97 Å². The van der Waals surface area contributed by atoms with Gasteiger partial charge in [-0.05, 0) is 44.0 Å². The quantitative estimate of drug-likeness (QED) is 0.872. The smallest absolute Gasteiger partial charge is 0.180 e. The first kappa shape index (κ1) is 15.1. The zero-order valence-electron chi connectivity index (χ0n) is 12.9. The Balaban J connectivity index is 1.50. The van der Waals surface area contributed by atoms with E-state index in [1.54, 1.807) is 12.4 Å². The Labute approximate surface area is 130 Å². The number of pyridine rings is 1. The molecule has 0 radical (unpaired) electrons. The largest absolute Gasteiger partial charge is 0.390 e. The molecule has 1 aliphatic rings. The molecule has 0 aliphatic carbocycles. The summed E-state index contributed by atoms with van der Waals surface area (Å²) in [6.07, 6.45) is 5.34. The number of aliphatic hydroxyl groups excluding tert-OH is 1. The lowest BCUT2D eigenvalue weighted by Gasteiger charge is -2.31. The van der Waals surface area contributed by atoms with Crippen LogP contribution in [-0.2, 0) is 0 Å². The topological polar surface area (TPSA) is 74.2 Å². The first-order valence-electron chi connectivity index (χ1n) is 7.93. The fourth-order valence-electron chi connectivity index (χ4n) is 2.78. The maximum absolute atomic E-state index is 10.2. The second-order valence-electron chi connectivity index (χ2n) is 6.11. The molecule has 1 saturated heterocycles. The van der Waals surface area contributed by atoms with Crippen LogP contribution in [0, 0.1) is 5.92 Å². The van der Waals surface area contributed by atoms with Crippen LogP contribution in [0.15, 0.2) is 24.5 Å². The van der Waals surface area contributed by atoms with Crippen LogP contribution in [0.5, 0.6) is 0 Å². The first-order valence-corrected chi connectivity index (χ1v) is 7.93. The zero-order valence-corrected chi connectivity index (χ0v) is 12.9. The summed E-state index contributed by atoms with van der Waals surface area (Å²) in [6.45, 7) is 5.67. The van der Waals surface area contributed by atoms with E-state index in [2.05, 4.69) is 32.1 Å². The fraction of sp³-hybridized carbons (Fsp3) is 0.562. The number of piperidine rings is 1. The van der Waals surface area contributed by atoms with Crippen molar-refractivity contribution in [3.8, 4) is 0 Å². The van der Waals surface area contributed by atoms with Crippen molar-refractivity contribution in [1.82, 2.24) is 19.9 Å². The number of fused-ring (bicyclic) bond motifs is 1. The van der Waals surface area contributed by atoms with Crippen molar-refractivity contribution in [1.29, 1.82) is 0 Å². The van der Waals surface area contributed by atoms with Gasteiger partial charge in [0.05, 0.1) is 6.10 Å². The van der Waals surface area contributed by atoms with Crippen LogP contribution in [0.1, 0.15) is 19.8 Å². The summed E-state index contributed by atoms with van der Waals surface area (Å²) in [5.74, 6) is 1.54. The number of hydrogen-bond donors (Lipinski definition) is 2. The lowest BCUT2D eigenvalue weighted by molar-refractivity contribution is 0.0989. The molecule has 6 nitrogen and oxygen atoms in total. The highest BCUT2D eigenvalue weighted by atomic mass is 16.3. The molecule has 0 bridgehead atoms. The summed E-state index contributed by atoms with van der Waals surface area (Å²) in [5.41, 5.74) is 1.39. The Morgan fingerprint density at radius 2 is 2.05 bits per heavy atom. The molecule has 2 N–H and O–H groups in total. The van der Waals surface area contributed by atoms with Gasteiger partial charge in [-0.2, -0.15) is 0 Å². The Bertz CT molecular complexity index is 612. The average molecular weight is 301 g/mol. The molecule has 3 heterocycles. The van der Waals surface area contributed by atoms with Gasteiger partial charge in [-0.1, -0.05) is 6.92 Å². The van der Waals surface area contributed by atoms with Crippen molar-refractivity contribution >= 4 is 17.0 Å². The van der Waals surface area contributed by atoms with Gasteiger partial charge in [0.2, 0.25) is 0 Å².